The number of hydrogen-bond donors (Lipinski definition) is 2. The minimum Gasteiger partial charge on any atom is -0.467 e. The van der Waals surface area contributed by atoms with E-state index >= 15 is 0 Å². The first kappa shape index (κ1) is 23.7. The van der Waals surface area contributed by atoms with Gasteiger partial charge in [-0.15, -0.1) is 0 Å². The highest BCUT2D eigenvalue weighted by atomic mass is 16.6. The fourth-order valence-electron chi connectivity index (χ4n) is 2.76. The van der Waals surface area contributed by atoms with Gasteiger partial charge in [-0.05, 0) is 12.0 Å². The second-order valence-corrected chi connectivity index (χ2v) is 6.85. The SMILES string of the molecule is [C-]#[N+]c1ccc(C2=NO[C@@H](CC(=O)NC[C@@H](NC(=O)OCCCC)C(=O)OC)C2)cc1. The van der Waals surface area contributed by atoms with E-state index in [4.69, 9.17) is 16.1 Å². The van der Waals surface area contributed by atoms with Crippen LogP contribution in [0, 0.1) is 6.57 Å². The molecule has 0 unspecified atom stereocenters. The molecule has 0 aromatic heterocycles. The van der Waals surface area contributed by atoms with Crippen LogP contribution in [0.15, 0.2) is 29.4 Å². The fraction of sp³-hybridized carbons (Fsp3) is 0.476. The first-order valence-electron chi connectivity index (χ1n) is 9.95. The lowest BCUT2D eigenvalue weighted by molar-refractivity contribution is -0.143. The van der Waals surface area contributed by atoms with Gasteiger partial charge in [0.1, 0.15) is 12.1 Å². The molecule has 2 rings (SSSR count). The molecule has 1 aliphatic rings. The number of rotatable bonds is 10. The standard InChI is InChI=1S/C21H26N4O6/c1-4-5-10-30-21(28)24-18(20(27)29-3)13-23-19(26)12-16-11-17(25-31-16)14-6-8-15(22-2)9-7-14/h6-9,16,18H,4-5,10-13H2,1,3H3,(H,23,26)(H,24,28)/t16-,18-/m1/s1. The lowest BCUT2D eigenvalue weighted by Gasteiger charge is -2.17. The molecule has 0 spiro atoms. The van der Waals surface area contributed by atoms with Crippen LogP contribution >= 0.6 is 0 Å². The lowest BCUT2D eigenvalue weighted by Crippen LogP contribution is -2.49. The van der Waals surface area contributed by atoms with Crippen molar-refractivity contribution in [2.75, 3.05) is 20.3 Å². The van der Waals surface area contributed by atoms with Crippen molar-refractivity contribution in [1.82, 2.24) is 10.6 Å². The molecule has 31 heavy (non-hydrogen) atoms. The molecule has 0 bridgehead atoms. The molecule has 1 aliphatic heterocycles. The minimum absolute atomic E-state index is 0.0297. The number of benzene rings is 1. The molecule has 10 heteroatoms. The van der Waals surface area contributed by atoms with E-state index in [2.05, 4.69) is 25.4 Å². The largest absolute Gasteiger partial charge is 0.467 e. The van der Waals surface area contributed by atoms with Gasteiger partial charge in [-0.3, -0.25) is 4.79 Å². The number of carbonyl (C=O) groups excluding carboxylic acids is 3. The Morgan fingerprint density at radius 1 is 1.32 bits per heavy atom. The van der Waals surface area contributed by atoms with Crippen molar-refractivity contribution in [3.05, 3.63) is 41.2 Å². The van der Waals surface area contributed by atoms with Crippen LogP contribution in [0.25, 0.3) is 4.85 Å². The van der Waals surface area contributed by atoms with E-state index in [1.54, 1.807) is 24.3 Å². The molecule has 1 aromatic carbocycles. The first-order chi connectivity index (χ1) is 15.0. The second-order valence-electron chi connectivity index (χ2n) is 6.85. The van der Waals surface area contributed by atoms with E-state index in [0.717, 1.165) is 12.0 Å². The van der Waals surface area contributed by atoms with Crippen molar-refractivity contribution >= 4 is 29.4 Å². The van der Waals surface area contributed by atoms with Gasteiger partial charge in [-0.2, -0.15) is 0 Å². The van der Waals surface area contributed by atoms with E-state index in [9.17, 15) is 14.4 Å². The molecule has 0 saturated heterocycles. The molecule has 2 N–H and O–H groups in total. The summed E-state index contributed by atoms with van der Waals surface area (Å²) in [5.41, 5.74) is 2.05. The summed E-state index contributed by atoms with van der Waals surface area (Å²) in [6.45, 7) is 9.04. The van der Waals surface area contributed by atoms with Crippen molar-refractivity contribution < 1.29 is 28.7 Å². The van der Waals surface area contributed by atoms with Gasteiger partial charge < -0.3 is 24.9 Å². The zero-order chi connectivity index (χ0) is 22.6. The fourth-order valence-corrected chi connectivity index (χ4v) is 2.76. The number of methoxy groups -OCH3 is 1. The quantitative estimate of drug-likeness (QED) is 0.334. The number of amides is 2. The Morgan fingerprint density at radius 3 is 2.71 bits per heavy atom. The molecule has 1 heterocycles. The van der Waals surface area contributed by atoms with Crippen molar-refractivity contribution in [3.8, 4) is 0 Å². The highest BCUT2D eigenvalue weighted by Gasteiger charge is 2.27. The van der Waals surface area contributed by atoms with Crippen LogP contribution in [0.1, 0.15) is 38.2 Å². The Balaban J connectivity index is 1.79. The third-order valence-corrected chi connectivity index (χ3v) is 4.49. The zero-order valence-electron chi connectivity index (χ0n) is 17.6. The average molecular weight is 430 g/mol. The molecule has 0 saturated carbocycles. The highest BCUT2D eigenvalue weighted by molar-refractivity contribution is 6.01. The van der Waals surface area contributed by atoms with Crippen molar-refractivity contribution in [1.29, 1.82) is 0 Å². The summed E-state index contributed by atoms with van der Waals surface area (Å²) in [5, 5.41) is 9.00. The number of nitrogens with zero attached hydrogens (tertiary/aromatic N) is 2. The molecule has 2 atom stereocenters. The number of ether oxygens (including phenoxy) is 2. The van der Waals surface area contributed by atoms with Crippen molar-refractivity contribution in [3.63, 3.8) is 0 Å². The summed E-state index contributed by atoms with van der Waals surface area (Å²) in [5.74, 6) is -1.06. The summed E-state index contributed by atoms with van der Waals surface area (Å²) in [4.78, 5) is 44.6. The summed E-state index contributed by atoms with van der Waals surface area (Å²) in [7, 11) is 1.19. The molecule has 0 fully saturated rings. The Morgan fingerprint density at radius 2 is 2.06 bits per heavy atom. The number of nitrogens with one attached hydrogen (secondary N) is 2. The molecular formula is C21H26N4O6. The third-order valence-electron chi connectivity index (χ3n) is 4.49. The lowest BCUT2D eigenvalue weighted by atomic mass is 10.0. The summed E-state index contributed by atoms with van der Waals surface area (Å²) < 4.78 is 9.63. The Bertz CT molecular complexity index is 846. The molecule has 0 radical (unpaired) electrons. The monoisotopic (exact) mass is 430 g/mol. The van der Waals surface area contributed by atoms with E-state index in [-0.39, 0.29) is 25.5 Å². The van der Waals surface area contributed by atoms with Crippen LogP contribution in [0.4, 0.5) is 10.5 Å². The number of oxime groups is 1. The van der Waals surface area contributed by atoms with Crippen LogP contribution in [0.3, 0.4) is 0 Å². The van der Waals surface area contributed by atoms with Gasteiger partial charge in [0.15, 0.2) is 5.69 Å². The third kappa shape index (κ3) is 7.62. The van der Waals surface area contributed by atoms with Gasteiger partial charge in [0.25, 0.3) is 0 Å². The molecule has 1 aromatic rings. The van der Waals surface area contributed by atoms with Crippen molar-refractivity contribution in [2.45, 2.75) is 44.8 Å². The number of esters is 1. The average Bonchev–Trinajstić information content (AvgIpc) is 3.24. The Hall–Kier alpha value is -3.61. The summed E-state index contributed by atoms with van der Waals surface area (Å²) in [6.07, 6.45) is 0.848. The Kier molecular flexibility index (Phi) is 9.29. The van der Waals surface area contributed by atoms with Crippen LogP contribution in [-0.2, 0) is 23.9 Å². The molecule has 10 nitrogen and oxygen atoms in total. The number of alkyl carbamates (subject to hydrolysis) is 1. The van der Waals surface area contributed by atoms with Gasteiger partial charge in [-0.25, -0.2) is 14.4 Å². The smallest absolute Gasteiger partial charge is 0.407 e. The number of unbranched alkanes of at least 4 members (excludes halogenated alkanes) is 1. The first-order valence-corrected chi connectivity index (χ1v) is 9.95. The maximum atomic E-state index is 12.3. The van der Waals surface area contributed by atoms with Crippen molar-refractivity contribution in [2.24, 2.45) is 5.16 Å². The minimum atomic E-state index is -1.07. The Labute approximate surface area is 180 Å². The predicted octanol–water partition coefficient (Wildman–Crippen LogP) is 2.30. The summed E-state index contributed by atoms with van der Waals surface area (Å²) >= 11 is 0. The van der Waals surface area contributed by atoms with Crippen LogP contribution in [-0.4, -0.2) is 56.1 Å². The number of carbonyl (C=O) groups is 3. The maximum Gasteiger partial charge on any atom is 0.407 e. The molecule has 166 valence electrons. The summed E-state index contributed by atoms with van der Waals surface area (Å²) in [6, 6.07) is 5.88. The molecule has 0 aliphatic carbocycles. The van der Waals surface area contributed by atoms with Crippen LogP contribution in [0.5, 0.6) is 0 Å². The number of hydrogen-bond acceptors (Lipinski definition) is 7. The van der Waals surface area contributed by atoms with Gasteiger partial charge in [0, 0.05) is 13.0 Å². The second kappa shape index (κ2) is 12.2. The van der Waals surface area contributed by atoms with E-state index < -0.39 is 24.2 Å². The topological polar surface area (TPSA) is 120 Å². The maximum absolute atomic E-state index is 12.3. The van der Waals surface area contributed by atoms with Gasteiger partial charge in [0.05, 0.1) is 32.4 Å². The van der Waals surface area contributed by atoms with E-state index in [1.807, 2.05) is 6.92 Å². The van der Waals surface area contributed by atoms with Gasteiger partial charge in [0.2, 0.25) is 5.91 Å². The highest BCUT2D eigenvalue weighted by Crippen LogP contribution is 2.21. The van der Waals surface area contributed by atoms with Gasteiger partial charge >= 0.3 is 12.1 Å². The normalized spacial score (nSPS) is 15.6. The predicted molar refractivity (Wildman–Crippen MR) is 112 cm³/mol. The van der Waals surface area contributed by atoms with Crippen LogP contribution in [0.2, 0.25) is 0 Å². The van der Waals surface area contributed by atoms with E-state index in [1.165, 1.54) is 7.11 Å². The molecular weight excluding hydrogens is 404 g/mol. The molecule has 2 amide bonds. The van der Waals surface area contributed by atoms with Crippen LogP contribution < -0.4 is 10.6 Å². The zero-order valence-corrected chi connectivity index (χ0v) is 17.6. The van der Waals surface area contributed by atoms with Gasteiger partial charge in [-0.1, -0.05) is 42.8 Å². The van der Waals surface area contributed by atoms with E-state index in [0.29, 0.717) is 24.2 Å².